The highest BCUT2D eigenvalue weighted by atomic mass is 32.2. The zero-order valence-corrected chi connectivity index (χ0v) is 17.3. The van der Waals surface area contributed by atoms with Crippen molar-refractivity contribution in [3.8, 4) is 11.3 Å². The molecule has 1 aliphatic carbocycles. The Hall–Kier alpha value is -2.29. The number of hydrogen-bond acceptors (Lipinski definition) is 4. The second-order valence-corrected chi connectivity index (χ2v) is 8.15. The van der Waals surface area contributed by atoms with Crippen LogP contribution in [0.25, 0.3) is 22.2 Å². The summed E-state index contributed by atoms with van der Waals surface area (Å²) < 4.78 is 56.0. The van der Waals surface area contributed by atoms with Gasteiger partial charge in [-0.2, -0.15) is 13.2 Å². The molecule has 1 aliphatic rings. The summed E-state index contributed by atoms with van der Waals surface area (Å²) in [6.07, 6.45) is 3.37. The number of nitrogens with one attached hydrogen (secondary N) is 1. The minimum Gasteiger partial charge on any atom is -0.351 e. The van der Waals surface area contributed by atoms with Gasteiger partial charge in [0.05, 0.1) is 11.2 Å². The van der Waals surface area contributed by atoms with Crippen LogP contribution in [0.4, 0.5) is 23.0 Å². The van der Waals surface area contributed by atoms with Crippen LogP contribution in [0.2, 0.25) is 0 Å². The fourth-order valence-corrected chi connectivity index (χ4v) is 4.00. The zero-order valence-electron chi connectivity index (χ0n) is 16.5. The molecule has 1 N–H and O–H groups in total. The van der Waals surface area contributed by atoms with Gasteiger partial charge in [-0.1, -0.05) is 25.5 Å². The lowest BCUT2D eigenvalue weighted by atomic mass is 9.93. The molecule has 9 heteroatoms. The van der Waals surface area contributed by atoms with E-state index in [0.29, 0.717) is 10.9 Å². The van der Waals surface area contributed by atoms with E-state index in [1.165, 1.54) is 10.2 Å². The minimum absolute atomic E-state index is 0.0363. The highest BCUT2D eigenvalue weighted by molar-refractivity contribution is 7.92. The molecule has 0 saturated heterocycles. The third-order valence-electron chi connectivity index (χ3n) is 5.52. The molecule has 0 atom stereocenters. The van der Waals surface area contributed by atoms with Gasteiger partial charge in [0.25, 0.3) is 0 Å². The van der Waals surface area contributed by atoms with Gasteiger partial charge in [-0.15, -0.1) is 3.89 Å². The SMILES string of the molecule is CCCCc1ccc2c(-c3nc(NC4CCC4)ncc3C(F)(F)F)cn(SF)c2c1. The van der Waals surface area contributed by atoms with E-state index >= 15 is 0 Å². The number of benzene rings is 1. The zero-order chi connectivity index (χ0) is 21.3. The van der Waals surface area contributed by atoms with Crippen LogP contribution in [-0.2, 0) is 12.6 Å². The largest absolute Gasteiger partial charge is 0.419 e. The van der Waals surface area contributed by atoms with Crippen LogP contribution in [0, 0.1) is 0 Å². The average Bonchev–Trinajstić information content (AvgIpc) is 3.06. The van der Waals surface area contributed by atoms with Crippen LogP contribution in [0.3, 0.4) is 0 Å². The van der Waals surface area contributed by atoms with Gasteiger partial charge in [-0.3, -0.25) is 3.97 Å². The Labute approximate surface area is 176 Å². The van der Waals surface area contributed by atoms with Crippen LogP contribution in [0.1, 0.15) is 50.2 Å². The van der Waals surface area contributed by atoms with Gasteiger partial charge in [0.2, 0.25) is 5.95 Å². The molecule has 4 rings (SSSR count). The smallest absolute Gasteiger partial charge is 0.351 e. The molecule has 1 aromatic carbocycles. The maximum absolute atomic E-state index is 13.7. The summed E-state index contributed by atoms with van der Waals surface area (Å²) in [7, 11) is 0. The van der Waals surface area contributed by atoms with E-state index in [2.05, 4.69) is 22.2 Å². The molecule has 0 bridgehead atoms. The number of hydrogen-bond donors (Lipinski definition) is 1. The predicted octanol–water partition coefficient (Wildman–Crippen LogP) is 6.80. The van der Waals surface area contributed by atoms with E-state index < -0.39 is 11.7 Å². The van der Waals surface area contributed by atoms with Crippen molar-refractivity contribution < 1.29 is 17.1 Å². The quantitative estimate of drug-likeness (QED) is 0.412. The Kier molecular flexibility index (Phi) is 5.90. The van der Waals surface area contributed by atoms with E-state index in [1.807, 2.05) is 12.1 Å². The van der Waals surface area contributed by atoms with Crippen molar-refractivity contribution in [2.24, 2.45) is 0 Å². The highest BCUT2D eigenvalue weighted by Crippen LogP contribution is 2.40. The Balaban J connectivity index is 1.84. The fourth-order valence-electron chi connectivity index (χ4n) is 3.63. The number of aryl methyl sites for hydroxylation is 1. The molecule has 1 fully saturated rings. The molecule has 0 aliphatic heterocycles. The van der Waals surface area contributed by atoms with Crippen LogP contribution in [0.5, 0.6) is 0 Å². The third kappa shape index (κ3) is 4.12. The van der Waals surface area contributed by atoms with Crippen LogP contribution < -0.4 is 5.32 Å². The van der Waals surface area contributed by atoms with Gasteiger partial charge < -0.3 is 5.32 Å². The number of halogens is 4. The van der Waals surface area contributed by atoms with Crippen molar-refractivity contribution in [3.05, 3.63) is 41.7 Å². The summed E-state index contributed by atoms with van der Waals surface area (Å²) in [4.78, 5) is 8.09. The van der Waals surface area contributed by atoms with Gasteiger partial charge >= 0.3 is 6.18 Å². The van der Waals surface area contributed by atoms with E-state index in [1.54, 1.807) is 6.07 Å². The lowest BCUT2D eigenvalue weighted by Gasteiger charge is -2.26. The number of alkyl halides is 3. The molecule has 160 valence electrons. The summed E-state index contributed by atoms with van der Waals surface area (Å²) >= 11 is -0.0363. The van der Waals surface area contributed by atoms with E-state index in [0.717, 1.165) is 50.3 Å². The van der Waals surface area contributed by atoms with E-state index in [-0.39, 0.29) is 35.6 Å². The molecule has 3 aromatic rings. The minimum atomic E-state index is -4.62. The number of unbranched alkanes of at least 4 members (excludes halogenated alkanes) is 1. The molecule has 1 saturated carbocycles. The molecule has 2 aromatic heterocycles. The highest BCUT2D eigenvalue weighted by Gasteiger charge is 2.36. The first kappa shape index (κ1) is 21.0. The Bertz CT molecular complexity index is 1040. The van der Waals surface area contributed by atoms with Crippen molar-refractivity contribution in [1.82, 2.24) is 13.9 Å². The summed E-state index contributed by atoms with van der Waals surface area (Å²) in [5, 5.41) is 3.62. The fraction of sp³-hybridized carbons (Fsp3) is 0.429. The normalized spacial score (nSPS) is 14.8. The maximum atomic E-state index is 13.7. The van der Waals surface area contributed by atoms with E-state index in [4.69, 9.17) is 0 Å². The summed E-state index contributed by atoms with van der Waals surface area (Å²) in [6.45, 7) is 2.08. The lowest BCUT2D eigenvalue weighted by molar-refractivity contribution is -0.137. The second kappa shape index (κ2) is 8.45. The van der Waals surface area contributed by atoms with Crippen molar-refractivity contribution in [1.29, 1.82) is 0 Å². The second-order valence-electron chi connectivity index (χ2n) is 7.62. The number of anilines is 1. The van der Waals surface area contributed by atoms with Crippen LogP contribution in [-0.4, -0.2) is 20.0 Å². The summed E-state index contributed by atoms with van der Waals surface area (Å²) in [6, 6.07) is 5.65. The van der Waals surface area contributed by atoms with Gasteiger partial charge in [0.15, 0.2) is 12.3 Å². The molecule has 0 amide bonds. The Morgan fingerprint density at radius 1 is 1.27 bits per heavy atom. The van der Waals surface area contributed by atoms with E-state index in [9.17, 15) is 17.1 Å². The molecule has 0 unspecified atom stereocenters. The molecular formula is C21H22F4N4S. The van der Waals surface area contributed by atoms with Crippen LogP contribution in [0.15, 0.2) is 30.6 Å². The van der Waals surface area contributed by atoms with Crippen molar-refractivity contribution in [2.75, 3.05) is 5.32 Å². The lowest BCUT2D eigenvalue weighted by Crippen LogP contribution is -2.28. The first-order valence-electron chi connectivity index (χ1n) is 10.0. The number of aromatic nitrogens is 3. The average molecular weight is 438 g/mol. The predicted molar refractivity (Wildman–Crippen MR) is 112 cm³/mol. The van der Waals surface area contributed by atoms with Gasteiger partial charge in [0, 0.05) is 29.4 Å². The first-order valence-corrected chi connectivity index (χ1v) is 10.7. The molecule has 4 nitrogen and oxygen atoms in total. The number of fused-ring (bicyclic) bond motifs is 1. The molecule has 2 heterocycles. The van der Waals surface area contributed by atoms with Gasteiger partial charge in [-0.05, 0) is 43.7 Å². The standard InChI is InChI=1S/C21H22F4N4S/c1-2-3-5-13-8-9-15-16(12-29(30-25)18(15)10-13)19-17(21(22,23)24)11-26-20(28-19)27-14-6-4-7-14/h8-12,14H,2-7H2,1H3,(H,26,27,28). The number of nitrogens with zero attached hydrogens (tertiary/aromatic N) is 3. The number of rotatable bonds is 7. The molecular weight excluding hydrogens is 416 g/mol. The Morgan fingerprint density at radius 2 is 2.07 bits per heavy atom. The maximum Gasteiger partial charge on any atom is 0.419 e. The molecule has 0 radical (unpaired) electrons. The summed E-state index contributed by atoms with van der Waals surface area (Å²) in [5.74, 6) is 0.163. The van der Waals surface area contributed by atoms with Gasteiger partial charge in [0.1, 0.15) is 5.56 Å². The van der Waals surface area contributed by atoms with Crippen molar-refractivity contribution in [3.63, 3.8) is 0 Å². The Morgan fingerprint density at radius 3 is 2.70 bits per heavy atom. The first-order chi connectivity index (χ1) is 14.4. The monoisotopic (exact) mass is 438 g/mol. The molecule has 0 spiro atoms. The van der Waals surface area contributed by atoms with Crippen LogP contribution >= 0.6 is 12.3 Å². The molecule has 30 heavy (non-hydrogen) atoms. The van der Waals surface area contributed by atoms with Crippen molar-refractivity contribution in [2.45, 2.75) is 57.7 Å². The van der Waals surface area contributed by atoms with Gasteiger partial charge in [-0.25, -0.2) is 9.97 Å². The van der Waals surface area contributed by atoms with Crippen molar-refractivity contribution >= 4 is 29.2 Å². The third-order valence-corrected chi connectivity index (χ3v) is 5.97. The summed E-state index contributed by atoms with van der Waals surface area (Å²) in [5.41, 5.74) is 0.628. The topological polar surface area (TPSA) is 42.7 Å².